The first-order valence-corrected chi connectivity index (χ1v) is 9.54. The van der Waals surface area contributed by atoms with E-state index in [0.29, 0.717) is 19.7 Å². The average Bonchev–Trinajstić information content (AvgIpc) is 3.10. The molecule has 0 aromatic heterocycles. The topological polar surface area (TPSA) is 67.9 Å². The van der Waals surface area contributed by atoms with Crippen molar-refractivity contribution < 1.29 is 19.1 Å². The number of likely N-dealkylation sites (tertiary alicyclic amines) is 1. The average molecular weight is 382 g/mol. The summed E-state index contributed by atoms with van der Waals surface area (Å²) in [5.74, 6) is 1.03. The van der Waals surface area contributed by atoms with Gasteiger partial charge in [-0.3, -0.25) is 9.59 Å². The van der Waals surface area contributed by atoms with E-state index in [1.54, 1.807) is 12.0 Å². The Morgan fingerprint density at radius 3 is 2.57 bits per heavy atom. The van der Waals surface area contributed by atoms with E-state index in [1.165, 1.54) is 0 Å². The summed E-state index contributed by atoms with van der Waals surface area (Å²) in [4.78, 5) is 26.6. The van der Waals surface area contributed by atoms with Crippen LogP contribution < -0.4 is 14.8 Å². The third-order valence-corrected chi connectivity index (χ3v) is 4.93. The lowest BCUT2D eigenvalue weighted by atomic mass is 10.1. The molecule has 148 valence electrons. The van der Waals surface area contributed by atoms with Crippen LogP contribution >= 0.6 is 0 Å². The maximum absolute atomic E-state index is 12.6. The highest BCUT2D eigenvalue weighted by molar-refractivity contribution is 5.97. The summed E-state index contributed by atoms with van der Waals surface area (Å²) in [6, 6.07) is 15.1. The van der Waals surface area contributed by atoms with Gasteiger partial charge in [-0.15, -0.1) is 0 Å². The molecule has 0 aliphatic carbocycles. The van der Waals surface area contributed by atoms with Gasteiger partial charge in [0, 0.05) is 18.7 Å². The van der Waals surface area contributed by atoms with Crippen molar-refractivity contribution in [3.8, 4) is 11.5 Å². The predicted molar refractivity (Wildman–Crippen MR) is 108 cm³/mol. The first-order chi connectivity index (χ1) is 13.6. The van der Waals surface area contributed by atoms with E-state index in [0.717, 1.165) is 29.2 Å². The maximum Gasteiger partial charge on any atom is 0.229 e. The Bertz CT molecular complexity index is 820. The molecule has 0 saturated carbocycles. The summed E-state index contributed by atoms with van der Waals surface area (Å²) in [7, 11) is 1.61. The number of carbonyl (C=O) groups is 2. The van der Waals surface area contributed by atoms with Gasteiger partial charge >= 0.3 is 0 Å². The van der Waals surface area contributed by atoms with Crippen LogP contribution in [0.25, 0.3) is 0 Å². The smallest absolute Gasteiger partial charge is 0.229 e. The molecule has 1 aliphatic heterocycles. The molecule has 28 heavy (non-hydrogen) atoms. The second-order valence-corrected chi connectivity index (χ2v) is 6.76. The fourth-order valence-electron chi connectivity index (χ4n) is 3.29. The van der Waals surface area contributed by atoms with E-state index in [4.69, 9.17) is 9.47 Å². The number of ether oxygens (including phenoxy) is 2. The monoisotopic (exact) mass is 382 g/mol. The fourth-order valence-corrected chi connectivity index (χ4v) is 3.29. The Balaban J connectivity index is 1.49. The Morgan fingerprint density at radius 1 is 1.14 bits per heavy atom. The SMILES string of the molecule is CCc1ccccc1NC(=O)C1CC(=O)N(CCOc2ccc(OC)cc2)C1. The number of aryl methyl sites for hydroxylation is 1. The van der Waals surface area contributed by atoms with E-state index in [1.807, 2.05) is 48.5 Å². The van der Waals surface area contributed by atoms with Crippen molar-refractivity contribution in [2.75, 3.05) is 32.1 Å². The van der Waals surface area contributed by atoms with Crippen molar-refractivity contribution in [2.45, 2.75) is 19.8 Å². The van der Waals surface area contributed by atoms with Gasteiger partial charge in [0.2, 0.25) is 11.8 Å². The van der Waals surface area contributed by atoms with Crippen LogP contribution in [0.2, 0.25) is 0 Å². The maximum atomic E-state index is 12.6. The van der Waals surface area contributed by atoms with Gasteiger partial charge in [-0.25, -0.2) is 0 Å². The van der Waals surface area contributed by atoms with Crippen LogP contribution in [0.5, 0.6) is 11.5 Å². The highest BCUT2D eigenvalue weighted by Gasteiger charge is 2.34. The third kappa shape index (κ3) is 4.82. The van der Waals surface area contributed by atoms with Crippen LogP contribution in [-0.2, 0) is 16.0 Å². The summed E-state index contributed by atoms with van der Waals surface area (Å²) in [6.07, 6.45) is 1.08. The quantitative estimate of drug-likeness (QED) is 0.762. The van der Waals surface area contributed by atoms with Crippen molar-refractivity contribution >= 4 is 17.5 Å². The van der Waals surface area contributed by atoms with Gasteiger partial charge in [-0.2, -0.15) is 0 Å². The summed E-state index contributed by atoms with van der Waals surface area (Å²) in [6.45, 7) is 3.31. The van der Waals surface area contributed by atoms with Crippen LogP contribution in [0.15, 0.2) is 48.5 Å². The van der Waals surface area contributed by atoms with E-state index in [2.05, 4.69) is 12.2 Å². The number of hydrogen-bond acceptors (Lipinski definition) is 4. The first-order valence-electron chi connectivity index (χ1n) is 9.54. The zero-order chi connectivity index (χ0) is 19.9. The number of hydrogen-bond donors (Lipinski definition) is 1. The minimum Gasteiger partial charge on any atom is -0.497 e. The molecular formula is C22H26N2O4. The minimum absolute atomic E-state index is 0.0118. The number of rotatable bonds is 8. The van der Waals surface area contributed by atoms with Gasteiger partial charge in [0.1, 0.15) is 18.1 Å². The molecule has 1 atom stereocenters. The largest absolute Gasteiger partial charge is 0.497 e. The number of methoxy groups -OCH3 is 1. The molecule has 1 fully saturated rings. The summed E-state index contributed by atoms with van der Waals surface area (Å²) in [5.41, 5.74) is 1.91. The van der Waals surface area contributed by atoms with Crippen LogP contribution in [0, 0.1) is 5.92 Å². The standard InChI is InChI=1S/C22H26N2O4/c1-3-16-6-4-5-7-20(16)23-22(26)17-14-21(25)24(15-17)12-13-28-19-10-8-18(27-2)9-11-19/h4-11,17H,3,12-15H2,1-2H3,(H,23,26). The second-order valence-electron chi connectivity index (χ2n) is 6.76. The number of para-hydroxylation sites is 1. The van der Waals surface area contributed by atoms with Crippen LogP contribution in [0.3, 0.4) is 0 Å². The number of amides is 2. The Kier molecular flexibility index (Phi) is 6.53. The molecule has 1 unspecified atom stereocenters. The molecule has 1 aliphatic rings. The second kappa shape index (κ2) is 9.26. The molecule has 6 heteroatoms. The number of nitrogens with one attached hydrogen (secondary N) is 1. The zero-order valence-electron chi connectivity index (χ0n) is 16.3. The lowest BCUT2D eigenvalue weighted by Gasteiger charge is -2.17. The van der Waals surface area contributed by atoms with E-state index in [9.17, 15) is 9.59 Å². The van der Waals surface area contributed by atoms with Gasteiger partial charge in [0.15, 0.2) is 0 Å². The number of benzene rings is 2. The van der Waals surface area contributed by atoms with Crippen LogP contribution in [0.1, 0.15) is 18.9 Å². The van der Waals surface area contributed by atoms with Crippen molar-refractivity contribution in [1.29, 1.82) is 0 Å². The van der Waals surface area contributed by atoms with Gasteiger partial charge in [0.05, 0.1) is 19.6 Å². The van der Waals surface area contributed by atoms with Gasteiger partial charge in [-0.1, -0.05) is 25.1 Å². The van der Waals surface area contributed by atoms with Crippen LogP contribution in [-0.4, -0.2) is 43.5 Å². The Labute approximate surface area is 165 Å². The molecule has 6 nitrogen and oxygen atoms in total. The van der Waals surface area contributed by atoms with Crippen molar-refractivity contribution in [2.24, 2.45) is 5.92 Å². The minimum atomic E-state index is -0.335. The van der Waals surface area contributed by atoms with E-state index < -0.39 is 0 Å². The summed E-state index contributed by atoms with van der Waals surface area (Å²) in [5, 5.41) is 2.98. The van der Waals surface area contributed by atoms with Crippen molar-refractivity contribution in [3.05, 3.63) is 54.1 Å². The van der Waals surface area contributed by atoms with Crippen molar-refractivity contribution in [3.63, 3.8) is 0 Å². The molecule has 0 spiro atoms. The normalized spacial score (nSPS) is 16.1. The Morgan fingerprint density at radius 2 is 1.86 bits per heavy atom. The third-order valence-electron chi connectivity index (χ3n) is 4.93. The fraction of sp³-hybridized carbons (Fsp3) is 0.364. The van der Waals surface area contributed by atoms with Gasteiger partial charge < -0.3 is 19.7 Å². The molecule has 0 bridgehead atoms. The van der Waals surface area contributed by atoms with Gasteiger partial charge in [0.25, 0.3) is 0 Å². The molecular weight excluding hydrogens is 356 g/mol. The van der Waals surface area contributed by atoms with E-state index in [-0.39, 0.29) is 24.2 Å². The molecule has 1 heterocycles. The first kappa shape index (κ1) is 19.7. The van der Waals surface area contributed by atoms with Gasteiger partial charge in [-0.05, 0) is 42.3 Å². The molecule has 0 radical (unpaired) electrons. The summed E-state index contributed by atoms with van der Waals surface area (Å²) < 4.78 is 10.8. The highest BCUT2D eigenvalue weighted by atomic mass is 16.5. The molecule has 2 aromatic rings. The van der Waals surface area contributed by atoms with Crippen LogP contribution in [0.4, 0.5) is 5.69 Å². The van der Waals surface area contributed by atoms with Crippen molar-refractivity contribution in [1.82, 2.24) is 4.90 Å². The van der Waals surface area contributed by atoms with E-state index >= 15 is 0 Å². The number of anilines is 1. The predicted octanol–water partition coefficient (Wildman–Crippen LogP) is 3.12. The number of nitrogens with zero attached hydrogens (tertiary/aromatic N) is 1. The molecule has 2 aromatic carbocycles. The number of carbonyl (C=O) groups excluding carboxylic acids is 2. The molecule has 3 rings (SSSR count). The zero-order valence-corrected chi connectivity index (χ0v) is 16.3. The highest BCUT2D eigenvalue weighted by Crippen LogP contribution is 2.22. The molecule has 2 amide bonds. The molecule has 1 saturated heterocycles. The lowest BCUT2D eigenvalue weighted by Crippen LogP contribution is -2.31. The molecule has 1 N–H and O–H groups in total. The summed E-state index contributed by atoms with van der Waals surface area (Å²) >= 11 is 0. The Hall–Kier alpha value is -3.02. The lowest BCUT2D eigenvalue weighted by molar-refractivity contribution is -0.128.